The van der Waals surface area contributed by atoms with Crippen LogP contribution in [0.3, 0.4) is 0 Å². The fraction of sp³-hybridized carbons (Fsp3) is 0.381. The molecule has 3 N–H and O–H groups in total. The number of carbonyl (C=O) groups excluding carboxylic acids is 2. The van der Waals surface area contributed by atoms with Crippen LogP contribution in [0.25, 0.3) is 0 Å². The van der Waals surface area contributed by atoms with E-state index in [9.17, 15) is 9.59 Å². The second kappa shape index (κ2) is 7.50. The summed E-state index contributed by atoms with van der Waals surface area (Å²) in [6.07, 6.45) is 5.06. The van der Waals surface area contributed by atoms with Crippen LogP contribution >= 0.6 is 0 Å². The van der Waals surface area contributed by atoms with Gasteiger partial charge >= 0.3 is 5.97 Å². The summed E-state index contributed by atoms with van der Waals surface area (Å²) in [5, 5.41) is 3.77. The number of nitrogens with one attached hydrogen (secondary N) is 1. The van der Waals surface area contributed by atoms with Crippen LogP contribution in [0.5, 0.6) is 0 Å². The van der Waals surface area contributed by atoms with Crippen molar-refractivity contribution in [3.8, 4) is 0 Å². The molecule has 0 spiro atoms. The SMILES string of the molecule is Cc1c[nH]c(/C(N)=N\OC(=O)C2CC[C@H]3CCc4ccccc4C(=O)N3C2)c1. The maximum Gasteiger partial charge on any atom is 0.339 e. The van der Waals surface area contributed by atoms with E-state index in [1.54, 1.807) is 6.20 Å². The number of amidine groups is 1. The summed E-state index contributed by atoms with van der Waals surface area (Å²) in [6.45, 7) is 2.28. The zero-order valence-electron chi connectivity index (χ0n) is 15.9. The third-order valence-corrected chi connectivity index (χ3v) is 5.63. The Kier molecular flexibility index (Phi) is 4.90. The highest BCUT2D eigenvalue weighted by molar-refractivity contribution is 5.97. The minimum atomic E-state index is -0.449. The molecule has 0 radical (unpaired) electrons. The number of nitrogens with zero attached hydrogens (tertiary/aromatic N) is 2. The zero-order chi connectivity index (χ0) is 19.7. The minimum absolute atomic E-state index is 0.000441. The predicted octanol–water partition coefficient (Wildman–Crippen LogP) is 2.35. The van der Waals surface area contributed by atoms with Gasteiger partial charge in [-0.1, -0.05) is 23.4 Å². The molecule has 2 aliphatic rings. The van der Waals surface area contributed by atoms with Gasteiger partial charge in [-0.2, -0.15) is 0 Å². The summed E-state index contributed by atoms with van der Waals surface area (Å²) < 4.78 is 0. The Morgan fingerprint density at radius 3 is 2.89 bits per heavy atom. The summed E-state index contributed by atoms with van der Waals surface area (Å²) in [7, 11) is 0. The summed E-state index contributed by atoms with van der Waals surface area (Å²) >= 11 is 0. The molecule has 3 heterocycles. The zero-order valence-corrected chi connectivity index (χ0v) is 15.9. The van der Waals surface area contributed by atoms with Gasteiger partial charge in [-0.3, -0.25) is 4.79 Å². The average molecular weight is 380 g/mol. The molecular formula is C21H24N4O3. The van der Waals surface area contributed by atoms with E-state index >= 15 is 0 Å². The highest BCUT2D eigenvalue weighted by Crippen LogP contribution is 2.31. The van der Waals surface area contributed by atoms with E-state index in [1.165, 1.54) is 0 Å². The monoisotopic (exact) mass is 380 g/mol. The highest BCUT2D eigenvalue weighted by atomic mass is 16.7. The van der Waals surface area contributed by atoms with E-state index in [1.807, 2.05) is 42.2 Å². The van der Waals surface area contributed by atoms with Crippen molar-refractivity contribution in [2.24, 2.45) is 16.8 Å². The van der Waals surface area contributed by atoms with Gasteiger partial charge < -0.3 is 20.5 Å². The Morgan fingerprint density at radius 2 is 2.11 bits per heavy atom. The Hall–Kier alpha value is -3.09. The van der Waals surface area contributed by atoms with Crippen molar-refractivity contribution in [3.05, 3.63) is 58.9 Å². The lowest BCUT2D eigenvalue weighted by atomic mass is 9.91. The summed E-state index contributed by atoms with van der Waals surface area (Å²) in [6, 6.07) is 9.71. The number of amides is 1. The number of fused-ring (bicyclic) bond motifs is 2. The van der Waals surface area contributed by atoms with E-state index in [4.69, 9.17) is 10.6 Å². The maximum absolute atomic E-state index is 13.0. The molecule has 0 bridgehead atoms. The van der Waals surface area contributed by atoms with Crippen molar-refractivity contribution in [1.29, 1.82) is 0 Å². The number of aromatic nitrogens is 1. The van der Waals surface area contributed by atoms with E-state index in [2.05, 4.69) is 10.1 Å². The molecule has 1 aromatic carbocycles. The molecule has 1 amide bonds. The summed E-state index contributed by atoms with van der Waals surface area (Å²) in [4.78, 5) is 35.4. The number of oxime groups is 1. The molecule has 1 aromatic heterocycles. The van der Waals surface area contributed by atoms with Gasteiger partial charge in [0, 0.05) is 24.3 Å². The number of nitrogens with two attached hydrogens (primary N) is 1. The summed E-state index contributed by atoms with van der Waals surface area (Å²) in [5.74, 6) is -0.724. The number of rotatable bonds is 3. The topological polar surface area (TPSA) is 101 Å². The molecule has 0 saturated carbocycles. The van der Waals surface area contributed by atoms with Crippen LogP contribution < -0.4 is 5.73 Å². The fourth-order valence-corrected chi connectivity index (χ4v) is 4.06. The third-order valence-electron chi connectivity index (χ3n) is 5.63. The quantitative estimate of drug-likeness (QED) is 0.369. The van der Waals surface area contributed by atoms with Crippen molar-refractivity contribution in [2.75, 3.05) is 6.54 Å². The predicted molar refractivity (Wildman–Crippen MR) is 105 cm³/mol. The molecule has 7 nitrogen and oxygen atoms in total. The Labute approximate surface area is 163 Å². The third kappa shape index (κ3) is 3.52. The van der Waals surface area contributed by atoms with Crippen LogP contribution in [0.2, 0.25) is 0 Å². The van der Waals surface area contributed by atoms with E-state index in [-0.39, 0.29) is 17.8 Å². The van der Waals surface area contributed by atoms with Crippen molar-refractivity contribution in [3.63, 3.8) is 0 Å². The first-order valence-corrected chi connectivity index (χ1v) is 9.61. The van der Waals surface area contributed by atoms with Gasteiger partial charge in [0.15, 0.2) is 5.84 Å². The largest absolute Gasteiger partial charge is 0.379 e. The van der Waals surface area contributed by atoms with E-state index in [0.717, 1.165) is 36.0 Å². The van der Waals surface area contributed by atoms with Crippen LogP contribution in [-0.4, -0.2) is 40.2 Å². The maximum atomic E-state index is 13.0. The smallest absolute Gasteiger partial charge is 0.339 e. The molecule has 4 rings (SSSR count). The molecule has 0 aliphatic carbocycles. The number of hydrogen-bond donors (Lipinski definition) is 2. The molecule has 28 heavy (non-hydrogen) atoms. The second-order valence-electron chi connectivity index (χ2n) is 7.56. The lowest BCUT2D eigenvalue weighted by Gasteiger charge is -2.37. The number of piperidine rings is 1. The lowest BCUT2D eigenvalue weighted by Crippen LogP contribution is -2.48. The first-order valence-electron chi connectivity index (χ1n) is 9.61. The lowest BCUT2D eigenvalue weighted by molar-refractivity contribution is -0.150. The minimum Gasteiger partial charge on any atom is -0.379 e. The number of H-pyrrole nitrogens is 1. The molecule has 1 fully saturated rings. The summed E-state index contributed by atoms with van der Waals surface area (Å²) in [5.41, 5.74) is 9.30. The van der Waals surface area contributed by atoms with Crippen LogP contribution in [0.4, 0.5) is 0 Å². The van der Waals surface area contributed by atoms with Crippen molar-refractivity contribution < 1.29 is 14.4 Å². The number of carbonyl (C=O) groups is 2. The first-order chi connectivity index (χ1) is 13.5. The molecule has 7 heteroatoms. The van der Waals surface area contributed by atoms with Crippen molar-refractivity contribution in [2.45, 2.75) is 38.6 Å². The van der Waals surface area contributed by atoms with Crippen molar-refractivity contribution in [1.82, 2.24) is 9.88 Å². The van der Waals surface area contributed by atoms with Crippen LogP contribution in [0, 0.1) is 12.8 Å². The number of aryl methyl sites for hydroxylation is 2. The Bertz CT molecular complexity index is 933. The number of benzene rings is 1. The van der Waals surface area contributed by atoms with Crippen molar-refractivity contribution >= 4 is 17.7 Å². The molecule has 2 aliphatic heterocycles. The first kappa shape index (κ1) is 18.3. The highest BCUT2D eigenvalue weighted by Gasteiger charge is 2.38. The second-order valence-corrected chi connectivity index (χ2v) is 7.56. The van der Waals surface area contributed by atoms with Crippen LogP contribution in [-0.2, 0) is 16.1 Å². The molecule has 1 saturated heterocycles. The van der Waals surface area contributed by atoms with Crippen LogP contribution in [0.15, 0.2) is 41.7 Å². The fourth-order valence-electron chi connectivity index (χ4n) is 4.06. The van der Waals surface area contributed by atoms with Gasteiger partial charge in [0.1, 0.15) is 0 Å². The molecular weight excluding hydrogens is 356 g/mol. The van der Waals surface area contributed by atoms with E-state index < -0.39 is 11.9 Å². The molecule has 2 aromatic rings. The normalized spacial score (nSPS) is 22.2. The molecule has 2 atom stereocenters. The molecule has 146 valence electrons. The standard InChI is InChI=1S/C21H24N4O3/c1-13-10-18(23-11-13)19(22)24-28-21(27)15-7-9-16-8-6-14-4-2-3-5-17(14)20(26)25(16)12-15/h2-5,10-11,15-16,23H,6-9,12H2,1H3,(H2,22,24)/t15?,16-/m1/s1. The Balaban J connectivity index is 1.45. The Morgan fingerprint density at radius 1 is 1.29 bits per heavy atom. The van der Waals surface area contributed by atoms with Gasteiger partial charge in [0.05, 0.1) is 11.6 Å². The number of aromatic amines is 1. The van der Waals surface area contributed by atoms with Gasteiger partial charge in [-0.15, -0.1) is 0 Å². The van der Waals surface area contributed by atoms with Gasteiger partial charge in [-0.25, -0.2) is 4.79 Å². The van der Waals surface area contributed by atoms with E-state index in [0.29, 0.717) is 18.7 Å². The number of hydrogen-bond acceptors (Lipinski definition) is 4. The van der Waals surface area contributed by atoms with Gasteiger partial charge in [0.2, 0.25) is 0 Å². The van der Waals surface area contributed by atoms with Gasteiger partial charge in [-0.05, 0) is 55.9 Å². The van der Waals surface area contributed by atoms with Crippen LogP contribution in [0.1, 0.15) is 46.4 Å². The average Bonchev–Trinajstić information content (AvgIpc) is 3.10. The molecule has 1 unspecified atom stereocenters. The van der Waals surface area contributed by atoms with Gasteiger partial charge in [0.25, 0.3) is 5.91 Å².